The first-order valence-electron chi connectivity index (χ1n) is 8.76. The smallest absolute Gasteiger partial charge is 0.332 e. The van der Waals surface area contributed by atoms with Gasteiger partial charge in [-0.2, -0.15) is 0 Å². The lowest BCUT2D eigenvalue weighted by molar-refractivity contribution is -0.130. The zero-order valence-electron chi connectivity index (χ0n) is 14.2. The Morgan fingerprint density at radius 2 is 1.92 bits per heavy atom. The molecular weight excluding hydrogens is 318 g/mol. The van der Waals surface area contributed by atoms with Gasteiger partial charge in [0.15, 0.2) is 0 Å². The fraction of sp³-hybridized carbons (Fsp3) is 0.421. The molecule has 0 radical (unpaired) electrons. The maximum atomic E-state index is 12.4. The summed E-state index contributed by atoms with van der Waals surface area (Å²) in [4.78, 5) is 39.0. The average molecular weight is 341 g/mol. The Labute approximate surface area is 147 Å². The summed E-state index contributed by atoms with van der Waals surface area (Å²) in [5.41, 5.74) is 2.04. The van der Waals surface area contributed by atoms with Crippen molar-refractivity contribution in [3.63, 3.8) is 0 Å². The molecule has 0 saturated carbocycles. The molecular formula is C19H23N3O3. The number of urea groups is 1. The monoisotopic (exact) mass is 341 g/mol. The van der Waals surface area contributed by atoms with E-state index in [1.165, 1.54) is 23.3 Å². The lowest BCUT2D eigenvalue weighted by atomic mass is 9.97. The van der Waals surface area contributed by atoms with Gasteiger partial charge in [-0.05, 0) is 44.2 Å². The number of benzene rings is 1. The summed E-state index contributed by atoms with van der Waals surface area (Å²) in [7, 11) is 0. The van der Waals surface area contributed by atoms with Gasteiger partial charge in [0.05, 0.1) is 0 Å². The average Bonchev–Trinajstić information content (AvgIpc) is 2.91. The van der Waals surface area contributed by atoms with Gasteiger partial charge in [-0.1, -0.05) is 29.8 Å². The molecule has 3 rings (SSSR count). The van der Waals surface area contributed by atoms with Crippen LogP contribution in [0.15, 0.2) is 42.0 Å². The van der Waals surface area contributed by atoms with Crippen LogP contribution in [0.5, 0.6) is 0 Å². The largest absolute Gasteiger partial charge is 0.354 e. The zero-order valence-corrected chi connectivity index (χ0v) is 14.2. The molecule has 6 nitrogen and oxygen atoms in total. The molecule has 1 aliphatic carbocycles. The highest BCUT2D eigenvalue weighted by atomic mass is 16.2. The molecule has 1 saturated heterocycles. The number of para-hydroxylation sites is 1. The SMILES string of the molecule is O=C(CN1C(=O)CN(c2ccccc2)C1=O)NCCC1=CCCCC1. The van der Waals surface area contributed by atoms with E-state index in [1.807, 2.05) is 18.2 Å². The summed E-state index contributed by atoms with van der Waals surface area (Å²) < 4.78 is 0. The van der Waals surface area contributed by atoms with Gasteiger partial charge >= 0.3 is 6.03 Å². The Hall–Kier alpha value is -2.63. The molecule has 1 aromatic rings. The van der Waals surface area contributed by atoms with Crippen molar-refractivity contribution in [2.45, 2.75) is 32.1 Å². The third-order valence-corrected chi connectivity index (χ3v) is 4.58. The number of rotatable bonds is 6. The van der Waals surface area contributed by atoms with Crippen molar-refractivity contribution in [2.24, 2.45) is 0 Å². The van der Waals surface area contributed by atoms with Crippen molar-refractivity contribution in [1.82, 2.24) is 10.2 Å². The molecule has 0 spiro atoms. The molecule has 6 heteroatoms. The molecule has 0 atom stereocenters. The second kappa shape index (κ2) is 7.96. The molecule has 0 bridgehead atoms. The Bertz CT molecular complexity index is 684. The predicted octanol–water partition coefficient (Wildman–Crippen LogP) is 2.46. The summed E-state index contributed by atoms with van der Waals surface area (Å²) >= 11 is 0. The summed E-state index contributed by atoms with van der Waals surface area (Å²) in [6, 6.07) is 8.56. The molecule has 0 aromatic heterocycles. The first kappa shape index (κ1) is 17.2. The number of hydrogen-bond acceptors (Lipinski definition) is 3. The fourth-order valence-corrected chi connectivity index (χ4v) is 3.20. The highest BCUT2D eigenvalue weighted by molar-refractivity contribution is 6.13. The lowest BCUT2D eigenvalue weighted by Gasteiger charge is -2.17. The number of anilines is 1. The van der Waals surface area contributed by atoms with E-state index >= 15 is 0 Å². The molecule has 25 heavy (non-hydrogen) atoms. The number of imide groups is 1. The summed E-state index contributed by atoms with van der Waals surface area (Å²) in [6.45, 7) is 0.298. The summed E-state index contributed by atoms with van der Waals surface area (Å²) in [6.07, 6.45) is 7.77. The van der Waals surface area contributed by atoms with Crippen LogP contribution in [-0.4, -0.2) is 42.4 Å². The Balaban J connectivity index is 1.50. The van der Waals surface area contributed by atoms with Gasteiger partial charge in [0, 0.05) is 12.2 Å². The van der Waals surface area contributed by atoms with Gasteiger partial charge in [0.1, 0.15) is 13.1 Å². The molecule has 0 unspecified atom stereocenters. The Kier molecular flexibility index (Phi) is 5.48. The Morgan fingerprint density at radius 1 is 1.12 bits per heavy atom. The van der Waals surface area contributed by atoms with Crippen molar-refractivity contribution < 1.29 is 14.4 Å². The number of carbonyl (C=O) groups excluding carboxylic acids is 3. The number of carbonyl (C=O) groups is 3. The number of nitrogens with one attached hydrogen (secondary N) is 1. The van der Waals surface area contributed by atoms with Crippen LogP contribution in [0.2, 0.25) is 0 Å². The van der Waals surface area contributed by atoms with Gasteiger partial charge in [0.2, 0.25) is 5.91 Å². The summed E-state index contributed by atoms with van der Waals surface area (Å²) in [5, 5.41) is 2.81. The van der Waals surface area contributed by atoms with Crippen molar-refractivity contribution in [2.75, 3.05) is 24.5 Å². The highest BCUT2D eigenvalue weighted by Gasteiger charge is 2.37. The van der Waals surface area contributed by atoms with Crippen LogP contribution in [0.1, 0.15) is 32.1 Å². The van der Waals surface area contributed by atoms with Crippen molar-refractivity contribution in [1.29, 1.82) is 0 Å². The van der Waals surface area contributed by atoms with E-state index in [0.717, 1.165) is 24.2 Å². The van der Waals surface area contributed by atoms with E-state index in [0.29, 0.717) is 12.2 Å². The third kappa shape index (κ3) is 4.26. The van der Waals surface area contributed by atoms with Crippen LogP contribution in [0.3, 0.4) is 0 Å². The number of nitrogens with zero attached hydrogens (tertiary/aromatic N) is 2. The molecule has 132 valence electrons. The number of amides is 4. The van der Waals surface area contributed by atoms with Gasteiger partial charge in [-0.25, -0.2) is 4.79 Å². The molecule has 2 aliphatic rings. The molecule has 1 heterocycles. The van der Waals surface area contributed by atoms with Crippen LogP contribution in [0.4, 0.5) is 10.5 Å². The van der Waals surface area contributed by atoms with E-state index < -0.39 is 6.03 Å². The van der Waals surface area contributed by atoms with Crippen molar-refractivity contribution in [3.05, 3.63) is 42.0 Å². The maximum absolute atomic E-state index is 12.4. The lowest BCUT2D eigenvalue weighted by Crippen LogP contribution is -2.41. The minimum absolute atomic E-state index is 0.0248. The number of allylic oxidation sites excluding steroid dienone is 1. The van der Waals surface area contributed by atoms with E-state index in [1.54, 1.807) is 12.1 Å². The van der Waals surface area contributed by atoms with Crippen molar-refractivity contribution >= 4 is 23.5 Å². The van der Waals surface area contributed by atoms with E-state index in [9.17, 15) is 14.4 Å². The molecule has 1 N–H and O–H groups in total. The van der Waals surface area contributed by atoms with Crippen LogP contribution < -0.4 is 10.2 Å². The van der Waals surface area contributed by atoms with Gasteiger partial charge in [-0.15, -0.1) is 0 Å². The molecule has 1 fully saturated rings. The van der Waals surface area contributed by atoms with Crippen LogP contribution in [-0.2, 0) is 9.59 Å². The van der Waals surface area contributed by atoms with E-state index in [4.69, 9.17) is 0 Å². The minimum atomic E-state index is -0.443. The summed E-state index contributed by atoms with van der Waals surface area (Å²) in [5.74, 6) is -0.646. The standard InChI is InChI=1S/C19H23N3O3/c23-17(20-12-11-15-7-3-1-4-8-15)13-22-18(24)14-21(19(22)25)16-9-5-2-6-10-16/h2,5-7,9-10H,1,3-4,8,11-14H2,(H,20,23). The van der Waals surface area contributed by atoms with E-state index in [2.05, 4.69) is 11.4 Å². The second-order valence-corrected chi connectivity index (χ2v) is 6.39. The Morgan fingerprint density at radius 3 is 2.64 bits per heavy atom. The minimum Gasteiger partial charge on any atom is -0.354 e. The van der Waals surface area contributed by atoms with Crippen LogP contribution in [0, 0.1) is 0 Å². The number of hydrogen-bond donors (Lipinski definition) is 1. The van der Waals surface area contributed by atoms with Crippen LogP contribution in [0.25, 0.3) is 0 Å². The maximum Gasteiger partial charge on any atom is 0.332 e. The second-order valence-electron chi connectivity index (χ2n) is 6.39. The first-order chi connectivity index (χ1) is 12.1. The van der Waals surface area contributed by atoms with Gasteiger partial charge in [0.25, 0.3) is 5.91 Å². The predicted molar refractivity (Wildman–Crippen MR) is 95.1 cm³/mol. The fourth-order valence-electron chi connectivity index (χ4n) is 3.20. The molecule has 4 amide bonds. The first-order valence-corrected chi connectivity index (χ1v) is 8.76. The van der Waals surface area contributed by atoms with Crippen molar-refractivity contribution in [3.8, 4) is 0 Å². The van der Waals surface area contributed by atoms with Crippen LogP contribution >= 0.6 is 0 Å². The van der Waals surface area contributed by atoms with Gasteiger partial charge in [-0.3, -0.25) is 19.4 Å². The normalized spacial score (nSPS) is 17.7. The molecule has 1 aliphatic heterocycles. The van der Waals surface area contributed by atoms with Gasteiger partial charge < -0.3 is 5.32 Å². The zero-order chi connectivity index (χ0) is 17.6. The highest BCUT2D eigenvalue weighted by Crippen LogP contribution is 2.21. The quantitative estimate of drug-likeness (QED) is 0.638. The third-order valence-electron chi connectivity index (χ3n) is 4.58. The topological polar surface area (TPSA) is 69.7 Å². The van der Waals surface area contributed by atoms with E-state index in [-0.39, 0.29) is 24.9 Å². The molecule has 1 aromatic carbocycles.